The number of amides is 1. The summed E-state index contributed by atoms with van der Waals surface area (Å²) in [7, 11) is 1.53. The van der Waals surface area contributed by atoms with Gasteiger partial charge in [-0.1, -0.05) is 29.8 Å². The van der Waals surface area contributed by atoms with Crippen LogP contribution in [-0.2, 0) is 7.05 Å². The molecule has 0 aliphatic rings. The van der Waals surface area contributed by atoms with Gasteiger partial charge in [-0.2, -0.15) is 5.10 Å². The molecule has 1 aromatic heterocycles. The first-order valence-corrected chi connectivity index (χ1v) is 8.02. The molecule has 0 radical (unpaired) electrons. The van der Waals surface area contributed by atoms with Gasteiger partial charge in [-0.3, -0.25) is 14.4 Å². The van der Waals surface area contributed by atoms with E-state index in [1.165, 1.54) is 42.2 Å². The van der Waals surface area contributed by atoms with Crippen LogP contribution < -0.4 is 4.90 Å². The molecule has 2 aromatic carbocycles. The first-order valence-electron chi connectivity index (χ1n) is 7.64. The molecular weight excluding hydrogens is 386 g/mol. The number of aromatic nitrogens is 2. The number of rotatable bonds is 4. The zero-order valence-electron chi connectivity index (χ0n) is 13.9. The molecule has 0 unspecified atom stereocenters. The van der Waals surface area contributed by atoms with Crippen molar-refractivity contribution in [2.24, 2.45) is 7.05 Å². The second kappa shape index (κ2) is 7.40. The van der Waals surface area contributed by atoms with E-state index < -0.39 is 30.2 Å². The maximum atomic E-state index is 14.2. The van der Waals surface area contributed by atoms with Crippen LogP contribution >= 0.6 is 11.6 Å². The quantitative estimate of drug-likeness (QED) is 0.362. The molecule has 4 nitrogen and oxygen atoms in total. The van der Waals surface area contributed by atoms with Crippen molar-refractivity contribution in [3.05, 3.63) is 70.8 Å². The normalized spacial score (nSPS) is 10.9. The van der Waals surface area contributed by atoms with Crippen LogP contribution in [0.25, 0.3) is 11.1 Å². The molecule has 0 saturated carbocycles. The lowest BCUT2D eigenvalue weighted by atomic mass is 10.0. The Kier molecular flexibility index (Phi) is 5.18. The number of para-hydroxylation sites is 1. The highest BCUT2D eigenvalue weighted by atomic mass is 35.5. The Bertz CT molecular complexity index is 1020. The van der Waals surface area contributed by atoms with E-state index >= 15 is 0 Å². The molecule has 140 valence electrons. The van der Waals surface area contributed by atoms with Crippen LogP contribution in [0.4, 0.5) is 23.2 Å². The van der Waals surface area contributed by atoms with Gasteiger partial charge < -0.3 is 0 Å². The Labute approximate surface area is 156 Å². The van der Waals surface area contributed by atoms with E-state index in [0.717, 1.165) is 0 Å². The Balaban J connectivity index is 2.13. The fraction of sp³-hybridized carbons (Fsp3) is 0.111. The summed E-state index contributed by atoms with van der Waals surface area (Å²) in [6, 6.07) is 6.76. The highest BCUT2D eigenvalue weighted by molar-refractivity contribution is 6.33. The number of hydrogen-bond donors (Lipinski definition) is 0. The summed E-state index contributed by atoms with van der Waals surface area (Å²) in [6.45, 7) is -1.26. The van der Waals surface area contributed by atoms with Gasteiger partial charge in [0.15, 0.2) is 23.6 Å². The third-order valence-corrected chi connectivity index (χ3v) is 4.15. The molecule has 27 heavy (non-hydrogen) atoms. The summed E-state index contributed by atoms with van der Waals surface area (Å²) < 4.78 is 56.1. The van der Waals surface area contributed by atoms with Crippen LogP contribution in [0.3, 0.4) is 0 Å². The zero-order chi connectivity index (χ0) is 19.7. The molecule has 0 atom stereocenters. The van der Waals surface area contributed by atoms with Gasteiger partial charge in [0.2, 0.25) is 0 Å². The first kappa shape index (κ1) is 18.9. The van der Waals surface area contributed by atoms with Crippen molar-refractivity contribution in [2.45, 2.75) is 0 Å². The molecule has 0 N–H and O–H groups in total. The number of hydrogen-bond acceptors (Lipinski definition) is 2. The van der Waals surface area contributed by atoms with Gasteiger partial charge in [-0.05, 0) is 12.1 Å². The van der Waals surface area contributed by atoms with Crippen molar-refractivity contribution in [1.82, 2.24) is 9.78 Å². The molecule has 0 spiro atoms. The summed E-state index contributed by atoms with van der Waals surface area (Å²) in [5.41, 5.74) is -0.389. The number of aryl methyl sites for hydroxylation is 1. The molecule has 0 aliphatic heterocycles. The van der Waals surface area contributed by atoms with Gasteiger partial charge in [0.25, 0.3) is 5.91 Å². The summed E-state index contributed by atoms with van der Waals surface area (Å²) in [6.07, 6.45) is 1.31. The summed E-state index contributed by atoms with van der Waals surface area (Å²) >= 11 is 5.90. The topological polar surface area (TPSA) is 38.1 Å². The molecule has 9 heteroatoms. The van der Waals surface area contributed by atoms with Crippen LogP contribution in [0.1, 0.15) is 10.4 Å². The maximum absolute atomic E-state index is 14.2. The standard InChI is InChI=1S/C18H12ClF4N3O/c1-25-8-12(17(19)24-25)18(27)26(9-20)16-5-3-2-4-10(16)11-6-14(22)15(23)7-13(11)21/h2-8H,9H2,1H3. The maximum Gasteiger partial charge on any atom is 0.265 e. The van der Waals surface area contributed by atoms with E-state index in [1.54, 1.807) is 0 Å². The number of halogens is 5. The van der Waals surface area contributed by atoms with E-state index in [1.807, 2.05) is 0 Å². The Morgan fingerprint density at radius 2 is 1.78 bits per heavy atom. The molecular formula is C18H12ClF4N3O. The predicted octanol–water partition coefficient (Wildman–Crippen LogP) is 4.73. The SMILES string of the molecule is Cn1cc(C(=O)N(CF)c2ccccc2-c2cc(F)c(F)cc2F)c(Cl)n1. The minimum Gasteiger partial charge on any atom is -0.279 e. The third-order valence-electron chi connectivity index (χ3n) is 3.87. The summed E-state index contributed by atoms with van der Waals surface area (Å²) in [4.78, 5) is 13.4. The van der Waals surface area contributed by atoms with Crippen molar-refractivity contribution < 1.29 is 22.4 Å². The van der Waals surface area contributed by atoms with Crippen LogP contribution in [0, 0.1) is 17.5 Å². The fourth-order valence-corrected chi connectivity index (χ4v) is 2.89. The Morgan fingerprint density at radius 1 is 1.11 bits per heavy atom. The summed E-state index contributed by atoms with van der Waals surface area (Å²) in [5.74, 6) is -4.48. The number of alkyl halides is 1. The monoisotopic (exact) mass is 397 g/mol. The van der Waals surface area contributed by atoms with Crippen LogP contribution in [0.2, 0.25) is 5.15 Å². The Hall–Kier alpha value is -2.87. The predicted molar refractivity (Wildman–Crippen MR) is 92.8 cm³/mol. The largest absolute Gasteiger partial charge is 0.279 e. The van der Waals surface area contributed by atoms with Crippen molar-refractivity contribution in [3.8, 4) is 11.1 Å². The molecule has 1 heterocycles. The van der Waals surface area contributed by atoms with E-state index in [4.69, 9.17) is 11.6 Å². The van der Waals surface area contributed by atoms with Gasteiger partial charge >= 0.3 is 0 Å². The fourth-order valence-electron chi connectivity index (χ4n) is 2.64. The molecule has 1 amide bonds. The van der Waals surface area contributed by atoms with Crippen LogP contribution in [-0.4, -0.2) is 22.5 Å². The molecule has 0 aliphatic carbocycles. The zero-order valence-corrected chi connectivity index (χ0v) is 14.6. The second-order valence-corrected chi connectivity index (χ2v) is 5.98. The number of anilines is 1. The molecule has 0 bridgehead atoms. The van der Waals surface area contributed by atoms with E-state index in [9.17, 15) is 22.4 Å². The van der Waals surface area contributed by atoms with Gasteiger partial charge in [0.05, 0.1) is 11.3 Å². The number of carbonyl (C=O) groups is 1. The van der Waals surface area contributed by atoms with Crippen molar-refractivity contribution in [2.75, 3.05) is 11.7 Å². The first-order chi connectivity index (χ1) is 12.8. The highest BCUT2D eigenvalue weighted by Crippen LogP contribution is 2.34. The average Bonchev–Trinajstić information content (AvgIpc) is 2.97. The Morgan fingerprint density at radius 3 is 2.41 bits per heavy atom. The lowest BCUT2D eigenvalue weighted by Crippen LogP contribution is -2.30. The lowest BCUT2D eigenvalue weighted by molar-refractivity contribution is 0.0976. The highest BCUT2D eigenvalue weighted by Gasteiger charge is 2.25. The van der Waals surface area contributed by atoms with Crippen LogP contribution in [0.15, 0.2) is 42.6 Å². The third kappa shape index (κ3) is 3.52. The van der Waals surface area contributed by atoms with Crippen molar-refractivity contribution >= 4 is 23.2 Å². The van der Waals surface area contributed by atoms with E-state index in [2.05, 4.69) is 5.10 Å². The lowest BCUT2D eigenvalue weighted by Gasteiger charge is -2.22. The van der Waals surface area contributed by atoms with Crippen molar-refractivity contribution in [1.29, 1.82) is 0 Å². The minimum absolute atomic E-state index is 0.0138. The number of carbonyl (C=O) groups excluding carboxylic acids is 1. The van der Waals surface area contributed by atoms with E-state index in [0.29, 0.717) is 17.0 Å². The molecule has 0 fully saturated rings. The minimum atomic E-state index is -1.35. The summed E-state index contributed by atoms with van der Waals surface area (Å²) in [5, 5.41) is 3.69. The molecule has 3 aromatic rings. The second-order valence-electron chi connectivity index (χ2n) is 5.62. The average molecular weight is 398 g/mol. The van der Waals surface area contributed by atoms with Gasteiger partial charge in [-0.25, -0.2) is 17.6 Å². The molecule has 3 rings (SSSR count). The van der Waals surface area contributed by atoms with Gasteiger partial charge in [0.1, 0.15) is 5.82 Å². The number of nitrogens with zero attached hydrogens (tertiary/aromatic N) is 3. The van der Waals surface area contributed by atoms with Gasteiger partial charge in [-0.15, -0.1) is 0 Å². The number of benzene rings is 2. The van der Waals surface area contributed by atoms with Crippen molar-refractivity contribution in [3.63, 3.8) is 0 Å². The van der Waals surface area contributed by atoms with Crippen LogP contribution in [0.5, 0.6) is 0 Å². The van der Waals surface area contributed by atoms with Gasteiger partial charge in [0, 0.05) is 30.4 Å². The molecule has 0 saturated heterocycles. The van der Waals surface area contributed by atoms with E-state index in [-0.39, 0.29) is 27.5 Å². The smallest absolute Gasteiger partial charge is 0.265 e.